The lowest BCUT2D eigenvalue weighted by Gasteiger charge is -2.38. The van der Waals surface area contributed by atoms with E-state index in [1.165, 1.54) is 24.3 Å². The zero-order valence-electron chi connectivity index (χ0n) is 16.0. The van der Waals surface area contributed by atoms with E-state index in [4.69, 9.17) is 0 Å². The van der Waals surface area contributed by atoms with Gasteiger partial charge in [0.15, 0.2) is 0 Å². The van der Waals surface area contributed by atoms with Gasteiger partial charge in [-0.3, -0.25) is 19.7 Å². The van der Waals surface area contributed by atoms with E-state index in [0.717, 1.165) is 5.56 Å². The van der Waals surface area contributed by atoms with Crippen LogP contribution in [0.3, 0.4) is 0 Å². The lowest BCUT2D eigenvalue weighted by molar-refractivity contribution is -0.384. The first-order valence-electron chi connectivity index (χ1n) is 9.19. The maximum absolute atomic E-state index is 13.0. The predicted octanol–water partition coefficient (Wildman–Crippen LogP) is 2.86. The molecule has 1 saturated heterocycles. The highest BCUT2D eigenvalue weighted by Crippen LogP contribution is 2.26. The highest BCUT2D eigenvalue weighted by atomic mass is 16.6. The second kappa shape index (κ2) is 7.80. The van der Waals surface area contributed by atoms with Crippen LogP contribution < -0.4 is 0 Å². The summed E-state index contributed by atoms with van der Waals surface area (Å²) in [7, 11) is 0. The number of piperazine rings is 1. The summed E-state index contributed by atoms with van der Waals surface area (Å²) in [5, 5.41) is 10.7. The molecule has 0 aromatic heterocycles. The lowest BCUT2D eigenvalue weighted by Crippen LogP contribution is -2.54. The molecule has 0 unspecified atom stereocenters. The normalized spacial score (nSPS) is 14.6. The summed E-state index contributed by atoms with van der Waals surface area (Å²) in [5.41, 5.74) is 0.695. The van der Waals surface area contributed by atoms with Crippen molar-refractivity contribution in [1.82, 2.24) is 9.80 Å². The van der Waals surface area contributed by atoms with Crippen LogP contribution in [-0.4, -0.2) is 52.7 Å². The maximum Gasteiger partial charge on any atom is 0.269 e. The third kappa shape index (κ3) is 3.88. The number of nitro groups is 1. The molecule has 2 aromatic rings. The second-order valence-corrected chi connectivity index (χ2v) is 7.38. The highest BCUT2D eigenvalue weighted by Gasteiger charge is 2.35. The molecule has 146 valence electrons. The highest BCUT2D eigenvalue weighted by molar-refractivity contribution is 5.94. The molecule has 0 atom stereocenters. The number of carbonyl (C=O) groups excluding carboxylic acids is 2. The minimum absolute atomic E-state index is 0.0427. The molecule has 2 aromatic carbocycles. The Morgan fingerprint density at radius 3 is 1.96 bits per heavy atom. The zero-order chi connectivity index (χ0) is 20.3. The van der Waals surface area contributed by atoms with Gasteiger partial charge < -0.3 is 9.80 Å². The van der Waals surface area contributed by atoms with Gasteiger partial charge in [-0.2, -0.15) is 0 Å². The first-order chi connectivity index (χ1) is 13.3. The van der Waals surface area contributed by atoms with Crippen molar-refractivity contribution >= 4 is 17.5 Å². The molecular weight excluding hydrogens is 358 g/mol. The van der Waals surface area contributed by atoms with E-state index in [9.17, 15) is 19.7 Å². The van der Waals surface area contributed by atoms with E-state index in [1.54, 1.807) is 9.80 Å². The van der Waals surface area contributed by atoms with E-state index in [0.29, 0.717) is 31.7 Å². The molecule has 7 nitrogen and oxygen atoms in total. The molecule has 0 radical (unpaired) electrons. The van der Waals surface area contributed by atoms with Gasteiger partial charge in [0.05, 0.1) is 10.3 Å². The summed E-state index contributed by atoms with van der Waals surface area (Å²) in [5.74, 6) is -0.134. The quantitative estimate of drug-likeness (QED) is 0.602. The summed E-state index contributed by atoms with van der Waals surface area (Å²) in [6.07, 6.45) is 0. The Labute approximate surface area is 163 Å². The van der Waals surface area contributed by atoms with Gasteiger partial charge in [-0.1, -0.05) is 30.3 Å². The van der Waals surface area contributed by atoms with Gasteiger partial charge in [0.2, 0.25) is 5.91 Å². The van der Waals surface area contributed by atoms with Crippen molar-refractivity contribution in [1.29, 1.82) is 0 Å². The van der Waals surface area contributed by atoms with Crippen molar-refractivity contribution in [3.05, 3.63) is 75.8 Å². The Morgan fingerprint density at radius 1 is 0.893 bits per heavy atom. The van der Waals surface area contributed by atoms with Crippen LogP contribution in [0.5, 0.6) is 0 Å². The molecule has 0 saturated carbocycles. The van der Waals surface area contributed by atoms with Crippen molar-refractivity contribution in [2.75, 3.05) is 26.2 Å². The third-order valence-electron chi connectivity index (χ3n) is 5.21. The molecule has 1 heterocycles. The minimum Gasteiger partial charge on any atom is -0.338 e. The van der Waals surface area contributed by atoms with Crippen LogP contribution in [0.25, 0.3) is 0 Å². The van der Waals surface area contributed by atoms with Crippen LogP contribution in [0.2, 0.25) is 0 Å². The number of benzene rings is 2. The Morgan fingerprint density at radius 2 is 1.43 bits per heavy atom. The van der Waals surface area contributed by atoms with Gasteiger partial charge in [-0.15, -0.1) is 0 Å². The van der Waals surface area contributed by atoms with Gasteiger partial charge in [0, 0.05) is 43.9 Å². The van der Waals surface area contributed by atoms with Gasteiger partial charge >= 0.3 is 0 Å². The molecule has 2 amide bonds. The predicted molar refractivity (Wildman–Crippen MR) is 105 cm³/mol. The van der Waals surface area contributed by atoms with Crippen LogP contribution in [0.1, 0.15) is 29.8 Å². The molecule has 0 aliphatic carbocycles. The van der Waals surface area contributed by atoms with Crippen LogP contribution in [0.15, 0.2) is 54.6 Å². The first kappa shape index (κ1) is 19.5. The average molecular weight is 381 g/mol. The van der Waals surface area contributed by atoms with Crippen LogP contribution in [0.4, 0.5) is 5.69 Å². The van der Waals surface area contributed by atoms with Gasteiger partial charge in [0.25, 0.3) is 11.6 Å². The Balaban J connectivity index is 1.63. The second-order valence-electron chi connectivity index (χ2n) is 7.38. The Bertz CT molecular complexity index is 870. The number of hydrogen-bond acceptors (Lipinski definition) is 4. The van der Waals surface area contributed by atoms with Crippen LogP contribution in [0, 0.1) is 10.1 Å². The average Bonchev–Trinajstić information content (AvgIpc) is 2.73. The lowest BCUT2D eigenvalue weighted by atomic mass is 9.83. The largest absolute Gasteiger partial charge is 0.338 e. The molecule has 0 spiro atoms. The fourth-order valence-corrected chi connectivity index (χ4v) is 3.39. The molecule has 7 heteroatoms. The Hall–Kier alpha value is -3.22. The van der Waals surface area contributed by atoms with Crippen molar-refractivity contribution < 1.29 is 14.5 Å². The maximum atomic E-state index is 13.0. The molecule has 1 aliphatic rings. The fraction of sp³-hybridized carbons (Fsp3) is 0.333. The van der Waals surface area contributed by atoms with Crippen molar-refractivity contribution in [3.63, 3.8) is 0 Å². The van der Waals surface area contributed by atoms with E-state index in [1.807, 2.05) is 44.2 Å². The minimum atomic E-state index is -0.633. The molecule has 1 fully saturated rings. The Kier molecular flexibility index (Phi) is 5.44. The molecule has 28 heavy (non-hydrogen) atoms. The summed E-state index contributed by atoms with van der Waals surface area (Å²) in [4.78, 5) is 39.4. The van der Waals surface area contributed by atoms with Crippen LogP contribution in [-0.2, 0) is 10.2 Å². The zero-order valence-corrected chi connectivity index (χ0v) is 16.0. The van der Waals surface area contributed by atoms with Crippen LogP contribution >= 0.6 is 0 Å². The molecule has 1 aliphatic heterocycles. The number of non-ortho nitro benzene ring substituents is 1. The summed E-state index contributed by atoms with van der Waals surface area (Å²) in [6.45, 7) is 5.64. The number of hydrogen-bond donors (Lipinski definition) is 0. The molecule has 3 rings (SSSR count). The number of nitro benzene ring substituents is 1. The summed E-state index contributed by atoms with van der Waals surface area (Å²) in [6, 6.07) is 15.3. The summed E-state index contributed by atoms with van der Waals surface area (Å²) >= 11 is 0. The van der Waals surface area contributed by atoms with E-state index < -0.39 is 10.3 Å². The van der Waals surface area contributed by atoms with Gasteiger partial charge in [-0.25, -0.2) is 0 Å². The standard InChI is InChI=1S/C21H23N3O4/c1-21(2,17-6-4-3-5-7-17)20(26)23-14-12-22(13-15-23)19(25)16-8-10-18(11-9-16)24(27)28/h3-11H,12-15H2,1-2H3. The van der Waals surface area contributed by atoms with Crippen molar-refractivity contribution in [3.8, 4) is 0 Å². The topological polar surface area (TPSA) is 83.8 Å². The number of nitrogens with zero attached hydrogens (tertiary/aromatic N) is 3. The van der Waals surface area contributed by atoms with Crippen molar-refractivity contribution in [2.45, 2.75) is 19.3 Å². The van der Waals surface area contributed by atoms with Gasteiger partial charge in [0.1, 0.15) is 0 Å². The van der Waals surface area contributed by atoms with E-state index in [2.05, 4.69) is 0 Å². The number of amides is 2. The monoisotopic (exact) mass is 381 g/mol. The first-order valence-corrected chi connectivity index (χ1v) is 9.19. The smallest absolute Gasteiger partial charge is 0.269 e. The van der Waals surface area contributed by atoms with Crippen molar-refractivity contribution in [2.24, 2.45) is 0 Å². The fourth-order valence-electron chi connectivity index (χ4n) is 3.39. The summed E-state index contributed by atoms with van der Waals surface area (Å²) < 4.78 is 0. The molecule has 0 bridgehead atoms. The number of rotatable bonds is 4. The SMILES string of the molecule is CC(C)(C(=O)N1CCN(C(=O)c2ccc([N+](=O)[O-])cc2)CC1)c1ccccc1. The van der Waals surface area contributed by atoms with E-state index in [-0.39, 0.29) is 17.5 Å². The van der Waals surface area contributed by atoms with E-state index >= 15 is 0 Å². The number of carbonyl (C=O) groups is 2. The van der Waals surface area contributed by atoms with Gasteiger partial charge in [-0.05, 0) is 31.5 Å². The molecule has 0 N–H and O–H groups in total. The molecular formula is C21H23N3O4. The third-order valence-corrected chi connectivity index (χ3v) is 5.21.